The van der Waals surface area contributed by atoms with Gasteiger partial charge in [-0.25, -0.2) is 4.79 Å². The van der Waals surface area contributed by atoms with E-state index in [2.05, 4.69) is 43.2 Å². The van der Waals surface area contributed by atoms with Gasteiger partial charge in [0.1, 0.15) is 5.78 Å². The molecule has 208 valence electrons. The highest BCUT2D eigenvalue weighted by atomic mass is 16.4. The second-order valence-electron chi connectivity index (χ2n) is 11.1. The fourth-order valence-electron chi connectivity index (χ4n) is 4.62. The number of carboxylic acid groups (broad SMARTS) is 1. The number of Topliss-reactive ketones (excluding diaryl/α,β-unsaturated/α-hetero) is 1. The van der Waals surface area contributed by atoms with Gasteiger partial charge in [0.25, 0.3) is 0 Å². The second kappa shape index (κ2) is 14.6. The van der Waals surface area contributed by atoms with E-state index in [9.17, 15) is 19.5 Å². The SMILES string of the molecule is CCCC(=O)CC(c1ccc(N(CC(C)C)CC(C)C)c(NC(=O)Nc2ccc(C)cc2)c1)C(C)C(=O)O. The first-order chi connectivity index (χ1) is 17.9. The Bertz CT molecular complexity index is 1070. The topological polar surface area (TPSA) is 98.7 Å². The van der Waals surface area contributed by atoms with Gasteiger partial charge < -0.3 is 20.6 Å². The first-order valence-electron chi connectivity index (χ1n) is 13.7. The van der Waals surface area contributed by atoms with Gasteiger partial charge in [-0.2, -0.15) is 0 Å². The van der Waals surface area contributed by atoms with Gasteiger partial charge in [-0.1, -0.05) is 65.3 Å². The van der Waals surface area contributed by atoms with Crippen molar-refractivity contribution < 1.29 is 19.5 Å². The Hall–Kier alpha value is -3.35. The number of rotatable bonds is 14. The van der Waals surface area contributed by atoms with Crippen molar-refractivity contribution in [2.24, 2.45) is 17.8 Å². The number of anilines is 3. The van der Waals surface area contributed by atoms with Crippen LogP contribution in [-0.2, 0) is 9.59 Å². The Labute approximate surface area is 228 Å². The molecule has 2 aromatic rings. The molecule has 0 aliphatic heterocycles. The molecule has 0 heterocycles. The van der Waals surface area contributed by atoms with Crippen LogP contribution in [0.4, 0.5) is 21.9 Å². The Morgan fingerprint density at radius 2 is 1.50 bits per heavy atom. The van der Waals surface area contributed by atoms with E-state index in [-0.39, 0.29) is 18.2 Å². The monoisotopic (exact) mass is 523 g/mol. The van der Waals surface area contributed by atoms with Crippen LogP contribution < -0.4 is 15.5 Å². The lowest BCUT2D eigenvalue weighted by Crippen LogP contribution is -2.32. The Morgan fingerprint density at radius 1 is 0.895 bits per heavy atom. The number of aliphatic carboxylic acids is 1. The molecule has 2 rings (SSSR count). The summed E-state index contributed by atoms with van der Waals surface area (Å²) in [5.74, 6) is -1.36. The van der Waals surface area contributed by atoms with E-state index in [1.54, 1.807) is 6.92 Å². The van der Waals surface area contributed by atoms with Gasteiger partial charge in [0.05, 0.1) is 17.3 Å². The third kappa shape index (κ3) is 9.51. The molecule has 0 spiro atoms. The molecule has 2 aromatic carbocycles. The molecule has 3 N–H and O–H groups in total. The highest BCUT2D eigenvalue weighted by Gasteiger charge is 2.28. The zero-order valence-electron chi connectivity index (χ0n) is 24.0. The van der Waals surface area contributed by atoms with Gasteiger partial charge in [0, 0.05) is 37.5 Å². The van der Waals surface area contributed by atoms with Gasteiger partial charge in [0.15, 0.2) is 0 Å². The minimum absolute atomic E-state index is 0.0440. The number of amides is 2. The lowest BCUT2D eigenvalue weighted by molar-refractivity contribution is -0.142. The van der Waals surface area contributed by atoms with E-state index >= 15 is 0 Å². The summed E-state index contributed by atoms with van der Waals surface area (Å²) in [6.45, 7) is 15.8. The zero-order valence-corrected chi connectivity index (χ0v) is 24.0. The van der Waals surface area contributed by atoms with Crippen LogP contribution in [0, 0.1) is 24.7 Å². The number of nitrogens with zero attached hydrogens (tertiary/aromatic N) is 1. The predicted octanol–water partition coefficient (Wildman–Crippen LogP) is 7.32. The van der Waals surface area contributed by atoms with Crippen LogP contribution in [0.1, 0.15) is 77.8 Å². The number of urea groups is 1. The van der Waals surface area contributed by atoms with Crippen molar-refractivity contribution in [1.29, 1.82) is 0 Å². The highest BCUT2D eigenvalue weighted by Crippen LogP contribution is 2.36. The fourth-order valence-corrected chi connectivity index (χ4v) is 4.62. The van der Waals surface area contributed by atoms with E-state index in [0.29, 0.717) is 29.6 Å². The number of hydrogen-bond acceptors (Lipinski definition) is 4. The molecular formula is C31H45N3O4. The molecule has 0 aliphatic rings. The maximum absolute atomic E-state index is 13.1. The minimum Gasteiger partial charge on any atom is -0.481 e. The number of carbonyl (C=O) groups excluding carboxylic acids is 2. The van der Waals surface area contributed by atoms with Crippen LogP contribution in [0.2, 0.25) is 0 Å². The van der Waals surface area contributed by atoms with Crippen LogP contribution in [0.15, 0.2) is 42.5 Å². The van der Waals surface area contributed by atoms with Crippen molar-refractivity contribution in [2.45, 2.75) is 73.6 Å². The van der Waals surface area contributed by atoms with Gasteiger partial charge in [-0.3, -0.25) is 9.59 Å². The summed E-state index contributed by atoms with van der Waals surface area (Å²) in [6, 6.07) is 12.9. The van der Waals surface area contributed by atoms with Crippen molar-refractivity contribution in [2.75, 3.05) is 28.6 Å². The normalized spacial score (nSPS) is 12.8. The Balaban J connectivity index is 2.53. The number of carbonyl (C=O) groups is 3. The molecule has 0 radical (unpaired) electrons. The van der Waals surface area contributed by atoms with E-state index in [1.165, 1.54) is 0 Å². The van der Waals surface area contributed by atoms with E-state index in [0.717, 1.165) is 36.3 Å². The summed E-state index contributed by atoms with van der Waals surface area (Å²) in [5, 5.41) is 15.7. The zero-order chi connectivity index (χ0) is 28.4. The summed E-state index contributed by atoms with van der Waals surface area (Å²) >= 11 is 0. The number of carboxylic acids is 1. The summed E-state index contributed by atoms with van der Waals surface area (Å²) in [5.41, 5.74) is 3.97. The molecule has 38 heavy (non-hydrogen) atoms. The summed E-state index contributed by atoms with van der Waals surface area (Å²) in [6.07, 6.45) is 1.29. The highest BCUT2D eigenvalue weighted by molar-refractivity contribution is 6.02. The van der Waals surface area contributed by atoms with Crippen LogP contribution in [0.25, 0.3) is 0 Å². The predicted molar refractivity (Wildman–Crippen MR) is 156 cm³/mol. The first-order valence-corrected chi connectivity index (χ1v) is 13.7. The smallest absolute Gasteiger partial charge is 0.323 e. The average Bonchev–Trinajstić information content (AvgIpc) is 2.82. The maximum Gasteiger partial charge on any atom is 0.323 e. The van der Waals surface area contributed by atoms with E-state index < -0.39 is 17.8 Å². The number of benzene rings is 2. The number of nitrogens with one attached hydrogen (secondary N) is 2. The lowest BCUT2D eigenvalue weighted by atomic mass is 9.82. The van der Waals surface area contributed by atoms with E-state index in [1.807, 2.05) is 56.3 Å². The molecule has 7 nitrogen and oxygen atoms in total. The molecule has 0 aromatic heterocycles. The molecule has 2 amide bonds. The number of ketones is 1. The van der Waals surface area contributed by atoms with Crippen molar-refractivity contribution in [1.82, 2.24) is 0 Å². The summed E-state index contributed by atoms with van der Waals surface area (Å²) in [7, 11) is 0. The number of aryl methyl sites for hydroxylation is 1. The van der Waals surface area contributed by atoms with Crippen LogP contribution >= 0.6 is 0 Å². The van der Waals surface area contributed by atoms with Crippen molar-refractivity contribution >= 4 is 34.8 Å². The summed E-state index contributed by atoms with van der Waals surface area (Å²) < 4.78 is 0. The quantitative estimate of drug-likeness (QED) is 0.241. The van der Waals surface area contributed by atoms with Crippen LogP contribution in [-0.4, -0.2) is 36.0 Å². The molecule has 0 saturated carbocycles. The summed E-state index contributed by atoms with van der Waals surface area (Å²) in [4.78, 5) is 39.9. The largest absolute Gasteiger partial charge is 0.481 e. The lowest BCUT2D eigenvalue weighted by Gasteiger charge is -2.31. The van der Waals surface area contributed by atoms with Crippen molar-refractivity contribution in [3.63, 3.8) is 0 Å². The molecule has 2 unspecified atom stereocenters. The maximum atomic E-state index is 13.1. The third-order valence-electron chi connectivity index (χ3n) is 6.49. The van der Waals surface area contributed by atoms with Gasteiger partial charge >= 0.3 is 12.0 Å². The van der Waals surface area contributed by atoms with Crippen molar-refractivity contribution in [3.05, 3.63) is 53.6 Å². The first kappa shape index (κ1) is 30.9. The second-order valence-corrected chi connectivity index (χ2v) is 11.1. The van der Waals surface area contributed by atoms with Crippen molar-refractivity contribution in [3.8, 4) is 0 Å². The molecule has 0 saturated heterocycles. The van der Waals surface area contributed by atoms with Gasteiger partial charge in [-0.05, 0) is 55.0 Å². The standard InChI is InChI=1S/C31H45N3O4/c1-8-9-26(35)17-27(23(7)30(36)37)24-12-15-29(34(18-20(2)3)19-21(4)5)28(16-24)33-31(38)32-25-13-10-22(6)11-14-25/h10-16,20-21,23,27H,8-9,17-19H2,1-7H3,(H,36,37)(H2,32,33,38). The molecule has 0 bridgehead atoms. The van der Waals surface area contributed by atoms with E-state index in [4.69, 9.17) is 0 Å². The Morgan fingerprint density at radius 3 is 2.03 bits per heavy atom. The average molecular weight is 524 g/mol. The fraction of sp³-hybridized carbons (Fsp3) is 0.516. The number of hydrogen-bond donors (Lipinski definition) is 3. The Kier molecular flexibility index (Phi) is 11.8. The minimum atomic E-state index is -0.948. The van der Waals surface area contributed by atoms with Crippen LogP contribution in [0.3, 0.4) is 0 Å². The van der Waals surface area contributed by atoms with Crippen LogP contribution in [0.5, 0.6) is 0 Å². The molecule has 0 aliphatic carbocycles. The molecular weight excluding hydrogens is 478 g/mol. The molecule has 2 atom stereocenters. The molecule has 0 fully saturated rings. The third-order valence-corrected chi connectivity index (χ3v) is 6.49. The van der Waals surface area contributed by atoms with Gasteiger partial charge in [-0.15, -0.1) is 0 Å². The molecule has 7 heteroatoms. The van der Waals surface area contributed by atoms with Gasteiger partial charge in [0.2, 0.25) is 0 Å².